The molecule has 4 nitrogen and oxygen atoms in total. The summed E-state index contributed by atoms with van der Waals surface area (Å²) in [5, 5.41) is 14.9. The number of hydrogen-bond acceptors (Lipinski definition) is 2. The molecule has 0 bridgehead atoms. The summed E-state index contributed by atoms with van der Waals surface area (Å²) < 4.78 is 25.9. The number of carbonyl (C=O) groups excluding carboxylic acids is 1. The van der Waals surface area contributed by atoms with Crippen LogP contribution < -0.4 is 10.6 Å². The molecule has 0 spiro atoms. The number of hydrogen-bond donors (Lipinski definition) is 3. The maximum absolute atomic E-state index is 13.1. The van der Waals surface area contributed by atoms with E-state index >= 15 is 0 Å². The summed E-state index contributed by atoms with van der Waals surface area (Å²) in [5.74, 6) is -1.72. The quantitative estimate of drug-likeness (QED) is 0.691. The molecule has 0 saturated heterocycles. The predicted molar refractivity (Wildman–Crippen MR) is 81.6 cm³/mol. The summed E-state index contributed by atoms with van der Waals surface area (Å²) in [5.41, 5.74) is 0.686. The Morgan fingerprint density at radius 3 is 2.64 bits per heavy atom. The van der Waals surface area contributed by atoms with E-state index in [9.17, 15) is 18.7 Å². The molecule has 2 amide bonds. The highest BCUT2D eigenvalue weighted by Crippen LogP contribution is 2.11. The minimum absolute atomic E-state index is 0.114. The van der Waals surface area contributed by atoms with E-state index in [0.717, 1.165) is 12.5 Å². The first-order valence-corrected chi connectivity index (χ1v) is 7.58. The third kappa shape index (κ3) is 6.85. The van der Waals surface area contributed by atoms with Crippen LogP contribution in [0.1, 0.15) is 38.7 Å². The maximum Gasteiger partial charge on any atom is 0.315 e. The van der Waals surface area contributed by atoms with Crippen molar-refractivity contribution in [3.05, 3.63) is 35.4 Å². The topological polar surface area (TPSA) is 61.4 Å². The van der Waals surface area contributed by atoms with Gasteiger partial charge in [-0.25, -0.2) is 13.6 Å². The van der Waals surface area contributed by atoms with Gasteiger partial charge in [0.05, 0.1) is 6.10 Å². The Bertz CT molecular complexity index is 483. The van der Waals surface area contributed by atoms with Gasteiger partial charge in [0.1, 0.15) is 0 Å². The first-order valence-electron chi connectivity index (χ1n) is 7.58. The van der Waals surface area contributed by atoms with Crippen molar-refractivity contribution in [2.24, 2.45) is 0 Å². The van der Waals surface area contributed by atoms with Crippen LogP contribution in [-0.4, -0.2) is 29.8 Å². The lowest BCUT2D eigenvalue weighted by molar-refractivity contribution is 0.160. The zero-order valence-corrected chi connectivity index (χ0v) is 13.0. The fraction of sp³-hybridized carbons (Fsp3) is 0.562. The molecule has 0 aromatic heterocycles. The van der Waals surface area contributed by atoms with Crippen molar-refractivity contribution < 1.29 is 18.7 Å². The van der Waals surface area contributed by atoms with E-state index in [1.165, 1.54) is 12.1 Å². The fourth-order valence-electron chi connectivity index (χ4n) is 2.07. The molecule has 6 heteroatoms. The van der Waals surface area contributed by atoms with Gasteiger partial charge in [0.25, 0.3) is 0 Å². The van der Waals surface area contributed by atoms with Crippen molar-refractivity contribution >= 4 is 6.03 Å². The Labute approximate surface area is 129 Å². The van der Waals surface area contributed by atoms with Gasteiger partial charge in [0.15, 0.2) is 11.6 Å². The van der Waals surface area contributed by atoms with Crippen molar-refractivity contribution in [2.45, 2.75) is 51.7 Å². The fourth-order valence-corrected chi connectivity index (χ4v) is 2.07. The average molecular weight is 314 g/mol. The van der Waals surface area contributed by atoms with Crippen LogP contribution in [0.2, 0.25) is 0 Å². The summed E-state index contributed by atoms with van der Waals surface area (Å²) in [7, 11) is 0. The molecular weight excluding hydrogens is 290 g/mol. The van der Waals surface area contributed by atoms with Crippen LogP contribution in [0, 0.1) is 11.6 Å². The molecule has 1 rings (SSSR count). The zero-order valence-electron chi connectivity index (χ0n) is 13.0. The lowest BCUT2D eigenvalue weighted by atomic mass is 10.1. The Morgan fingerprint density at radius 1 is 1.27 bits per heavy atom. The van der Waals surface area contributed by atoms with E-state index in [1.54, 1.807) is 0 Å². The molecule has 3 N–H and O–H groups in total. The molecular formula is C16H24F2N2O2. The SMILES string of the molecule is CCCC(O)CNC(=O)NC(C)CCc1ccc(F)c(F)c1. The Morgan fingerprint density at radius 2 is 2.00 bits per heavy atom. The summed E-state index contributed by atoms with van der Waals surface area (Å²) in [6.07, 6.45) is 2.11. The van der Waals surface area contributed by atoms with Gasteiger partial charge in [0.2, 0.25) is 0 Å². The van der Waals surface area contributed by atoms with E-state index in [4.69, 9.17) is 0 Å². The van der Waals surface area contributed by atoms with Gasteiger partial charge >= 0.3 is 6.03 Å². The van der Waals surface area contributed by atoms with E-state index in [0.29, 0.717) is 24.8 Å². The largest absolute Gasteiger partial charge is 0.391 e. The number of halogens is 2. The smallest absolute Gasteiger partial charge is 0.315 e. The molecule has 1 aromatic carbocycles. The number of aliphatic hydroxyl groups excluding tert-OH is 1. The van der Waals surface area contributed by atoms with Crippen molar-refractivity contribution in [2.75, 3.05) is 6.54 Å². The molecule has 0 heterocycles. The van der Waals surface area contributed by atoms with Gasteiger partial charge in [-0.15, -0.1) is 0 Å². The lowest BCUT2D eigenvalue weighted by Gasteiger charge is -2.16. The van der Waals surface area contributed by atoms with Gasteiger partial charge in [-0.3, -0.25) is 0 Å². The van der Waals surface area contributed by atoms with E-state index < -0.39 is 17.7 Å². The predicted octanol–water partition coefficient (Wildman–Crippen LogP) is 2.75. The number of carbonyl (C=O) groups is 1. The van der Waals surface area contributed by atoms with Gasteiger partial charge in [0, 0.05) is 12.6 Å². The number of aliphatic hydroxyl groups is 1. The number of nitrogens with one attached hydrogen (secondary N) is 2. The molecule has 0 saturated carbocycles. The Hall–Kier alpha value is -1.69. The highest BCUT2D eigenvalue weighted by Gasteiger charge is 2.10. The number of benzene rings is 1. The monoisotopic (exact) mass is 314 g/mol. The highest BCUT2D eigenvalue weighted by atomic mass is 19.2. The van der Waals surface area contributed by atoms with Gasteiger partial charge in [-0.1, -0.05) is 19.4 Å². The molecule has 0 fully saturated rings. The normalized spacial score (nSPS) is 13.5. The highest BCUT2D eigenvalue weighted by molar-refractivity contribution is 5.74. The number of aryl methyl sites for hydroxylation is 1. The third-order valence-corrected chi connectivity index (χ3v) is 3.35. The van der Waals surface area contributed by atoms with Crippen LogP contribution >= 0.6 is 0 Å². The Kier molecular flexibility index (Phi) is 7.80. The second-order valence-electron chi connectivity index (χ2n) is 5.49. The summed E-state index contributed by atoms with van der Waals surface area (Å²) >= 11 is 0. The van der Waals surface area contributed by atoms with Crippen molar-refractivity contribution in [1.82, 2.24) is 10.6 Å². The van der Waals surface area contributed by atoms with Crippen molar-refractivity contribution in [3.63, 3.8) is 0 Å². The van der Waals surface area contributed by atoms with E-state index in [-0.39, 0.29) is 18.6 Å². The number of rotatable bonds is 8. The molecule has 22 heavy (non-hydrogen) atoms. The third-order valence-electron chi connectivity index (χ3n) is 3.35. The molecule has 0 aliphatic heterocycles. The average Bonchev–Trinajstić information content (AvgIpc) is 2.47. The van der Waals surface area contributed by atoms with E-state index in [1.807, 2.05) is 13.8 Å². The summed E-state index contributed by atoms with van der Waals surface area (Å²) in [4.78, 5) is 11.6. The lowest BCUT2D eigenvalue weighted by Crippen LogP contribution is -2.43. The van der Waals surface area contributed by atoms with Crippen LogP contribution in [0.25, 0.3) is 0 Å². The molecule has 0 aliphatic rings. The number of urea groups is 1. The minimum Gasteiger partial charge on any atom is -0.391 e. The molecule has 2 atom stereocenters. The molecule has 0 aliphatic carbocycles. The molecule has 124 valence electrons. The zero-order chi connectivity index (χ0) is 16.5. The first kappa shape index (κ1) is 18.4. The first-order chi connectivity index (χ1) is 10.4. The van der Waals surface area contributed by atoms with Crippen LogP contribution in [0.5, 0.6) is 0 Å². The van der Waals surface area contributed by atoms with Gasteiger partial charge < -0.3 is 15.7 Å². The summed E-state index contributed by atoms with van der Waals surface area (Å²) in [6, 6.07) is 3.35. The Balaban J connectivity index is 2.28. The number of amides is 2. The van der Waals surface area contributed by atoms with Crippen LogP contribution in [0.4, 0.5) is 13.6 Å². The minimum atomic E-state index is -0.861. The van der Waals surface area contributed by atoms with Gasteiger partial charge in [-0.2, -0.15) is 0 Å². The maximum atomic E-state index is 13.1. The standard InChI is InChI=1S/C16H24F2N2O2/c1-3-4-13(21)10-19-16(22)20-11(2)5-6-12-7-8-14(17)15(18)9-12/h7-9,11,13,21H,3-6,10H2,1-2H3,(H2,19,20,22). The van der Waals surface area contributed by atoms with Crippen LogP contribution in [0.15, 0.2) is 18.2 Å². The van der Waals surface area contributed by atoms with Crippen molar-refractivity contribution in [3.8, 4) is 0 Å². The second-order valence-corrected chi connectivity index (χ2v) is 5.49. The van der Waals surface area contributed by atoms with Crippen LogP contribution in [0.3, 0.4) is 0 Å². The summed E-state index contributed by atoms with van der Waals surface area (Å²) in [6.45, 7) is 4.02. The second kappa shape index (κ2) is 9.35. The molecule has 2 unspecified atom stereocenters. The van der Waals surface area contributed by atoms with Crippen LogP contribution in [-0.2, 0) is 6.42 Å². The van der Waals surface area contributed by atoms with Gasteiger partial charge in [-0.05, 0) is 43.9 Å². The molecule has 0 radical (unpaired) electrons. The van der Waals surface area contributed by atoms with E-state index in [2.05, 4.69) is 10.6 Å². The van der Waals surface area contributed by atoms with Crippen molar-refractivity contribution in [1.29, 1.82) is 0 Å². The molecule has 1 aromatic rings.